The van der Waals surface area contributed by atoms with E-state index in [0.717, 1.165) is 19.3 Å². The van der Waals surface area contributed by atoms with Gasteiger partial charge < -0.3 is 5.32 Å². The van der Waals surface area contributed by atoms with Crippen LogP contribution >= 0.6 is 0 Å². The molecule has 0 saturated carbocycles. The second-order valence-corrected chi connectivity index (χ2v) is 7.66. The largest absolute Gasteiger partial charge is 0.316 e. The van der Waals surface area contributed by atoms with Crippen LogP contribution in [0.1, 0.15) is 24.5 Å². The fourth-order valence-corrected chi connectivity index (χ4v) is 4.69. The van der Waals surface area contributed by atoms with Gasteiger partial charge in [0.05, 0.1) is 11.5 Å². The molecule has 3 nitrogen and oxygen atoms in total. The Morgan fingerprint density at radius 1 is 1.26 bits per heavy atom. The first-order chi connectivity index (χ1) is 9.04. The molecular formula is C15H23NO2S. The van der Waals surface area contributed by atoms with E-state index in [2.05, 4.69) is 36.5 Å². The molecule has 1 aliphatic rings. The maximum atomic E-state index is 11.6. The van der Waals surface area contributed by atoms with Crippen LogP contribution in [0, 0.1) is 5.92 Å². The molecule has 1 N–H and O–H groups in total. The van der Waals surface area contributed by atoms with E-state index in [1.54, 1.807) is 0 Å². The molecule has 2 atom stereocenters. The smallest absolute Gasteiger partial charge is 0.150 e. The average Bonchev–Trinajstić information content (AvgIpc) is 2.77. The summed E-state index contributed by atoms with van der Waals surface area (Å²) < 4.78 is 23.1. The van der Waals surface area contributed by atoms with Crippen molar-refractivity contribution in [2.45, 2.75) is 32.2 Å². The van der Waals surface area contributed by atoms with E-state index >= 15 is 0 Å². The molecule has 1 fully saturated rings. The fourth-order valence-electron chi connectivity index (χ4n) is 2.81. The third-order valence-corrected chi connectivity index (χ3v) is 5.89. The van der Waals surface area contributed by atoms with Gasteiger partial charge in [-0.3, -0.25) is 0 Å². The van der Waals surface area contributed by atoms with Gasteiger partial charge in [0.1, 0.15) is 0 Å². The summed E-state index contributed by atoms with van der Waals surface area (Å²) in [6.45, 7) is 2.15. The molecule has 1 aromatic rings. The van der Waals surface area contributed by atoms with Crippen molar-refractivity contribution in [3.63, 3.8) is 0 Å². The van der Waals surface area contributed by atoms with E-state index in [0.29, 0.717) is 11.5 Å². The monoisotopic (exact) mass is 281 g/mol. The first-order valence-corrected chi connectivity index (χ1v) is 8.81. The van der Waals surface area contributed by atoms with Gasteiger partial charge in [-0.05, 0) is 43.4 Å². The zero-order chi connectivity index (χ0) is 13.9. The molecule has 0 bridgehead atoms. The van der Waals surface area contributed by atoms with Crippen molar-refractivity contribution in [2.24, 2.45) is 5.92 Å². The summed E-state index contributed by atoms with van der Waals surface area (Å²) in [4.78, 5) is 0. The maximum Gasteiger partial charge on any atom is 0.150 e. The van der Waals surface area contributed by atoms with Crippen molar-refractivity contribution in [3.8, 4) is 0 Å². The van der Waals surface area contributed by atoms with Gasteiger partial charge in [-0.1, -0.05) is 31.2 Å². The Morgan fingerprint density at radius 2 is 1.89 bits per heavy atom. The molecule has 2 rings (SSSR count). The Kier molecular flexibility index (Phi) is 4.63. The van der Waals surface area contributed by atoms with Crippen LogP contribution in [0.3, 0.4) is 0 Å². The van der Waals surface area contributed by atoms with Crippen molar-refractivity contribution in [1.29, 1.82) is 0 Å². The van der Waals surface area contributed by atoms with Crippen LogP contribution in [0.2, 0.25) is 0 Å². The van der Waals surface area contributed by atoms with E-state index in [1.807, 2.05) is 7.05 Å². The highest BCUT2D eigenvalue weighted by Crippen LogP contribution is 2.24. The third kappa shape index (κ3) is 3.80. The van der Waals surface area contributed by atoms with E-state index < -0.39 is 9.84 Å². The van der Waals surface area contributed by atoms with Crippen LogP contribution in [0.25, 0.3) is 0 Å². The highest BCUT2D eigenvalue weighted by Gasteiger charge is 2.32. The first-order valence-electron chi connectivity index (χ1n) is 6.99. The summed E-state index contributed by atoms with van der Waals surface area (Å²) in [6, 6.07) is 8.89. The topological polar surface area (TPSA) is 46.2 Å². The van der Waals surface area contributed by atoms with Crippen molar-refractivity contribution in [1.82, 2.24) is 5.32 Å². The number of nitrogens with one attached hydrogen (secondary N) is 1. The molecule has 0 amide bonds. The predicted molar refractivity (Wildman–Crippen MR) is 79.1 cm³/mol. The van der Waals surface area contributed by atoms with Gasteiger partial charge in [0.25, 0.3) is 0 Å². The summed E-state index contributed by atoms with van der Waals surface area (Å²) >= 11 is 0. The number of sulfone groups is 1. The number of hydrogen-bond donors (Lipinski definition) is 1. The second kappa shape index (κ2) is 6.06. The Labute approximate surface area is 116 Å². The molecule has 1 aliphatic heterocycles. The minimum Gasteiger partial charge on any atom is -0.316 e. The Morgan fingerprint density at radius 3 is 2.37 bits per heavy atom. The molecule has 4 heteroatoms. The van der Waals surface area contributed by atoms with E-state index in [4.69, 9.17) is 0 Å². The zero-order valence-electron chi connectivity index (χ0n) is 11.7. The Bertz CT molecular complexity index is 507. The van der Waals surface area contributed by atoms with Gasteiger partial charge >= 0.3 is 0 Å². The summed E-state index contributed by atoms with van der Waals surface area (Å²) in [5.74, 6) is 0.941. The van der Waals surface area contributed by atoms with Crippen molar-refractivity contribution >= 4 is 9.84 Å². The van der Waals surface area contributed by atoms with Gasteiger partial charge in [-0.25, -0.2) is 8.42 Å². The van der Waals surface area contributed by atoms with Crippen molar-refractivity contribution < 1.29 is 8.42 Å². The number of aryl methyl sites for hydroxylation is 1. The highest BCUT2D eigenvalue weighted by molar-refractivity contribution is 7.91. The number of hydrogen-bond acceptors (Lipinski definition) is 3. The van der Waals surface area contributed by atoms with Crippen LogP contribution in [-0.2, 0) is 22.7 Å². The molecule has 0 aromatic heterocycles. The summed E-state index contributed by atoms with van der Waals surface area (Å²) in [5.41, 5.74) is 2.62. The van der Waals surface area contributed by atoms with Gasteiger partial charge in [0, 0.05) is 6.04 Å². The van der Waals surface area contributed by atoms with E-state index in [-0.39, 0.29) is 12.0 Å². The summed E-state index contributed by atoms with van der Waals surface area (Å²) in [5, 5.41) is 3.29. The summed E-state index contributed by atoms with van der Waals surface area (Å²) in [6.07, 6.45) is 2.75. The quantitative estimate of drug-likeness (QED) is 0.895. The molecule has 0 aliphatic carbocycles. The van der Waals surface area contributed by atoms with Crippen LogP contribution in [0.4, 0.5) is 0 Å². The molecule has 106 valence electrons. The molecule has 0 spiro atoms. The standard InChI is InChI=1S/C15H23NO2S/c1-3-12-4-6-13(7-5-12)10-15(16-2)14-8-9-19(17,18)11-14/h4-7,14-16H,3,8-11H2,1-2H3. The van der Waals surface area contributed by atoms with Crippen LogP contribution in [-0.4, -0.2) is 33.0 Å². The fraction of sp³-hybridized carbons (Fsp3) is 0.600. The SMILES string of the molecule is CCc1ccc(CC(NC)C2CCS(=O)(=O)C2)cc1. The second-order valence-electron chi connectivity index (χ2n) is 5.43. The normalized spacial score (nSPS) is 23.4. The van der Waals surface area contributed by atoms with Crippen LogP contribution in [0.15, 0.2) is 24.3 Å². The van der Waals surface area contributed by atoms with E-state index in [1.165, 1.54) is 11.1 Å². The Balaban J connectivity index is 2.02. The predicted octanol–water partition coefficient (Wildman–Crippen LogP) is 1.81. The lowest BCUT2D eigenvalue weighted by molar-refractivity contribution is 0.403. The maximum absolute atomic E-state index is 11.6. The average molecular weight is 281 g/mol. The van der Waals surface area contributed by atoms with Gasteiger partial charge in [-0.15, -0.1) is 0 Å². The lowest BCUT2D eigenvalue weighted by Crippen LogP contribution is -2.36. The van der Waals surface area contributed by atoms with Crippen molar-refractivity contribution in [2.75, 3.05) is 18.6 Å². The van der Waals surface area contributed by atoms with Gasteiger partial charge in [-0.2, -0.15) is 0 Å². The molecule has 1 aromatic carbocycles. The zero-order valence-corrected chi connectivity index (χ0v) is 12.5. The van der Waals surface area contributed by atoms with Gasteiger partial charge in [0.15, 0.2) is 9.84 Å². The summed E-state index contributed by atoms with van der Waals surface area (Å²) in [7, 11) is -0.867. The lowest BCUT2D eigenvalue weighted by Gasteiger charge is -2.22. The Hall–Kier alpha value is -0.870. The van der Waals surface area contributed by atoms with Crippen molar-refractivity contribution in [3.05, 3.63) is 35.4 Å². The number of likely N-dealkylation sites (N-methyl/N-ethyl adjacent to an activating group) is 1. The molecular weight excluding hydrogens is 258 g/mol. The first kappa shape index (κ1) is 14.5. The van der Waals surface area contributed by atoms with Gasteiger partial charge in [0.2, 0.25) is 0 Å². The highest BCUT2D eigenvalue weighted by atomic mass is 32.2. The minimum atomic E-state index is -2.79. The number of benzene rings is 1. The third-order valence-electron chi connectivity index (χ3n) is 4.09. The number of rotatable bonds is 5. The molecule has 1 saturated heterocycles. The van der Waals surface area contributed by atoms with Crippen LogP contribution in [0.5, 0.6) is 0 Å². The van der Waals surface area contributed by atoms with Crippen LogP contribution < -0.4 is 5.32 Å². The lowest BCUT2D eigenvalue weighted by atomic mass is 9.93. The molecule has 2 unspecified atom stereocenters. The minimum absolute atomic E-state index is 0.251. The van der Waals surface area contributed by atoms with E-state index in [9.17, 15) is 8.42 Å². The molecule has 1 heterocycles. The molecule has 19 heavy (non-hydrogen) atoms. The molecule has 0 radical (unpaired) electrons.